The third kappa shape index (κ3) is 3.99. The molecule has 1 saturated carbocycles. The summed E-state index contributed by atoms with van der Waals surface area (Å²) in [5, 5.41) is 8.22. The molecule has 0 aliphatic heterocycles. The lowest BCUT2D eigenvalue weighted by Crippen LogP contribution is -2.38. The minimum absolute atomic E-state index is 0.0920. The van der Waals surface area contributed by atoms with Gasteiger partial charge in [0.25, 0.3) is 5.91 Å². The molecule has 6 heteroatoms. The summed E-state index contributed by atoms with van der Waals surface area (Å²) in [7, 11) is 1.73. The Morgan fingerprint density at radius 1 is 1.30 bits per heavy atom. The molecule has 0 bridgehead atoms. The molecule has 1 heterocycles. The van der Waals surface area contributed by atoms with Crippen molar-refractivity contribution in [1.29, 1.82) is 5.41 Å². The SMILES string of the molecule is C[C@H](CC(=N)C1CCC1)N(C)C(=O)c1ccc(Cn2cnc3ccccc32)c(F)c1. The summed E-state index contributed by atoms with van der Waals surface area (Å²) in [6.45, 7) is 2.30. The summed E-state index contributed by atoms with van der Waals surface area (Å²) >= 11 is 0. The lowest BCUT2D eigenvalue weighted by molar-refractivity contribution is 0.0746. The van der Waals surface area contributed by atoms with Crippen LogP contribution in [0.4, 0.5) is 4.39 Å². The highest BCUT2D eigenvalue weighted by Gasteiger charge is 2.26. The first-order valence-corrected chi connectivity index (χ1v) is 10.5. The average molecular weight is 407 g/mol. The minimum Gasteiger partial charge on any atom is -0.339 e. The zero-order chi connectivity index (χ0) is 21.3. The number of aromatic nitrogens is 2. The largest absolute Gasteiger partial charge is 0.339 e. The van der Waals surface area contributed by atoms with Crippen LogP contribution in [0, 0.1) is 17.1 Å². The second-order valence-electron chi connectivity index (χ2n) is 8.29. The summed E-state index contributed by atoms with van der Waals surface area (Å²) in [5.41, 5.74) is 3.38. The van der Waals surface area contributed by atoms with Crippen LogP contribution >= 0.6 is 0 Å². The summed E-state index contributed by atoms with van der Waals surface area (Å²) in [6, 6.07) is 12.3. The van der Waals surface area contributed by atoms with E-state index in [2.05, 4.69) is 4.98 Å². The average Bonchev–Trinajstić information content (AvgIpc) is 3.10. The van der Waals surface area contributed by atoms with E-state index < -0.39 is 5.82 Å². The van der Waals surface area contributed by atoms with E-state index in [4.69, 9.17) is 5.41 Å². The number of hydrogen-bond acceptors (Lipinski definition) is 3. The standard InChI is InChI=1S/C24H27FN4O/c1-16(12-21(26)17-6-5-7-17)28(2)24(30)18-10-11-19(20(25)13-18)14-29-15-27-22-8-3-4-9-23(22)29/h3-4,8-11,13,15-17,26H,5-7,12,14H2,1-2H3/t16-/m1/s1. The predicted octanol–water partition coefficient (Wildman–Crippen LogP) is 4.89. The van der Waals surface area contributed by atoms with Gasteiger partial charge in [-0.05, 0) is 49.9 Å². The smallest absolute Gasteiger partial charge is 0.253 e. The maximum Gasteiger partial charge on any atom is 0.253 e. The van der Waals surface area contributed by atoms with E-state index in [0.29, 0.717) is 30.0 Å². The minimum atomic E-state index is -0.401. The number of amides is 1. The maximum absolute atomic E-state index is 14.8. The Morgan fingerprint density at radius 2 is 2.07 bits per heavy atom. The van der Waals surface area contributed by atoms with Crippen LogP contribution in [0.5, 0.6) is 0 Å². The normalized spacial score (nSPS) is 15.0. The highest BCUT2D eigenvalue weighted by atomic mass is 19.1. The first-order valence-electron chi connectivity index (χ1n) is 10.5. The summed E-state index contributed by atoms with van der Waals surface area (Å²) in [6.07, 6.45) is 5.64. The van der Waals surface area contributed by atoms with Crippen LogP contribution in [0.2, 0.25) is 0 Å². The Kier molecular flexibility index (Phi) is 5.66. The van der Waals surface area contributed by atoms with E-state index in [9.17, 15) is 9.18 Å². The fraction of sp³-hybridized carbons (Fsp3) is 0.375. The zero-order valence-corrected chi connectivity index (χ0v) is 17.4. The number of fused-ring (bicyclic) bond motifs is 1. The zero-order valence-electron chi connectivity index (χ0n) is 17.4. The molecular weight excluding hydrogens is 379 g/mol. The summed E-state index contributed by atoms with van der Waals surface area (Å²) < 4.78 is 16.7. The van der Waals surface area contributed by atoms with Gasteiger partial charge in [0.15, 0.2) is 0 Å². The molecule has 0 unspecified atom stereocenters. The van der Waals surface area contributed by atoms with Gasteiger partial charge in [-0.1, -0.05) is 24.6 Å². The number of hydrogen-bond donors (Lipinski definition) is 1. The van der Waals surface area contributed by atoms with Gasteiger partial charge in [0.1, 0.15) is 5.82 Å². The van der Waals surface area contributed by atoms with E-state index in [1.807, 2.05) is 35.8 Å². The van der Waals surface area contributed by atoms with Crippen molar-refractivity contribution in [3.63, 3.8) is 0 Å². The third-order valence-corrected chi connectivity index (χ3v) is 6.26. The van der Waals surface area contributed by atoms with Crippen molar-refractivity contribution in [3.05, 3.63) is 65.7 Å². The second kappa shape index (κ2) is 8.38. The number of halogens is 1. The van der Waals surface area contributed by atoms with E-state index in [0.717, 1.165) is 29.6 Å². The number of para-hydroxylation sites is 2. The Morgan fingerprint density at radius 3 is 2.77 bits per heavy atom. The summed E-state index contributed by atoms with van der Waals surface area (Å²) in [4.78, 5) is 18.8. The Labute approximate surface area is 176 Å². The topological polar surface area (TPSA) is 62.0 Å². The molecule has 0 saturated heterocycles. The lowest BCUT2D eigenvalue weighted by Gasteiger charge is -2.31. The van der Waals surface area contributed by atoms with E-state index in [1.54, 1.807) is 30.4 Å². The van der Waals surface area contributed by atoms with Gasteiger partial charge < -0.3 is 14.9 Å². The Hall–Kier alpha value is -3.02. The number of imidazole rings is 1. The molecule has 5 nitrogen and oxygen atoms in total. The van der Waals surface area contributed by atoms with Crippen molar-refractivity contribution in [1.82, 2.24) is 14.5 Å². The second-order valence-corrected chi connectivity index (χ2v) is 8.29. The molecule has 0 spiro atoms. The van der Waals surface area contributed by atoms with Crippen molar-refractivity contribution >= 4 is 22.7 Å². The fourth-order valence-corrected chi connectivity index (χ4v) is 3.91. The molecule has 156 valence electrons. The van der Waals surface area contributed by atoms with Gasteiger partial charge >= 0.3 is 0 Å². The number of carbonyl (C=O) groups is 1. The summed E-state index contributed by atoms with van der Waals surface area (Å²) in [5.74, 6) is -0.240. The van der Waals surface area contributed by atoms with Crippen LogP contribution in [0.15, 0.2) is 48.8 Å². The predicted molar refractivity (Wildman–Crippen MR) is 116 cm³/mol. The van der Waals surface area contributed by atoms with Crippen molar-refractivity contribution in [2.75, 3.05) is 7.05 Å². The fourth-order valence-electron chi connectivity index (χ4n) is 3.91. The van der Waals surface area contributed by atoms with Crippen LogP contribution < -0.4 is 0 Å². The van der Waals surface area contributed by atoms with Gasteiger partial charge in [-0.25, -0.2) is 9.37 Å². The number of nitrogens with one attached hydrogen (secondary N) is 1. The van der Waals surface area contributed by atoms with Gasteiger partial charge in [-0.15, -0.1) is 0 Å². The quantitative estimate of drug-likeness (QED) is 0.568. The van der Waals surface area contributed by atoms with Gasteiger partial charge in [0, 0.05) is 36.3 Å². The highest BCUT2D eigenvalue weighted by molar-refractivity contribution is 5.95. The van der Waals surface area contributed by atoms with E-state index in [-0.39, 0.29) is 11.9 Å². The van der Waals surface area contributed by atoms with Gasteiger partial charge in [0.2, 0.25) is 0 Å². The van der Waals surface area contributed by atoms with E-state index in [1.165, 1.54) is 12.5 Å². The number of benzene rings is 2. The van der Waals surface area contributed by atoms with Gasteiger partial charge in [-0.2, -0.15) is 0 Å². The van der Waals surface area contributed by atoms with Gasteiger partial charge in [0.05, 0.1) is 23.9 Å². The van der Waals surface area contributed by atoms with Crippen molar-refractivity contribution < 1.29 is 9.18 Å². The van der Waals surface area contributed by atoms with Crippen LogP contribution in [-0.2, 0) is 6.54 Å². The molecular formula is C24H27FN4O. The number of nitrogens with zero attached hydrogens (tertiary/aromatic N) is 3. The molecule has 1 amide bonds. The Bertz CT molecular complexity index is 1090. The molecule has 1 atom stereocenters. The molecule has 2 aromatic carbocycles. The Balaban J connectivity index is 1.45. The first-order chi connectivity index (χ1) is 14.4. The maximum atomic E-state index is 14.8. The van der Waals surface area contributed by atoms with Crippen LogP contribution in [-0.4, -0.2) is 39.2 Å². The third-order valence-electron chi connectivity index (χ3n) is 6.26. The van der Waals surface area contributed by atoms with Crippen LogP contribution in [0.1, 0.15) is 48.5 Å². The highest BCUT2D eigenvalue weighted by Crippen LogP contribution is 2.29. The monoisotopic (exact) mass is 406 g/mol. The molecule has 4 rings (SSSR count). The number of rotatable bonds is 7. The van der Waals surface area contributed by atoms with Crippen LogP contribution in [0.3, 0.4) is 0 Å². The van der Waals surface area contributed by atoms with Gasteiger partial charge in [-0.3, -0.25) is 4.79 Å². The molecule has 1 fully saturated rings. The molecule has 0 radical (unpaired) electrons. The van der Waals surface area contributed by atoms with Crippen molar-refractivity contribution in [2.24, 2.45) is 5.92 Å². The molecule has 1 aliphatic rings. The van der Waals surface area contributed by atoms with E-state index >= 15 is 0 Å². The number of carbonyl (C=O) groups excluding carboxylic acids is 1. The molecule has 30 heavy (non-hydrogen) atoms. The molecule has 1 aromatic heterocycles. The molecule has 1 N–H and O–H groups in total. The van der Waals surface area contributed by atoms with Crippen molar-refractivity contribution in [3.8, 4) is 0 Å². The molecule has 3 aromatic rings. The molecule has 1 aliphatic carbocycles. The van der Waals surface area contributed by atoms with Crippen LogP contribution in [0.25, 0.3) is 11.0 Å². The van der Waals surface area contributed by atoms with Crippen molar-refractivity contribution in [2.45, 2.75) is 45.2 Å². The first kappa shape index (κ1) is 20.3. The lowest BCUT2D eigenvalue weighted by atomic mass is 9.80.